The minimum Gasteiger partial charge on any atom is -0.373 e. The highest BCUT2D eigenvalue weighted by Gasteiger charge is 2.21. The molecule has 0 bridgehead atoms. The first kappa shape index (κ1) is 18.2. The number of nitrogens with zero attached hydrogens (tertiary/aromatic N) is 2. The molecule has 2 aromatic heterocycles. The lowest BCUT2D eigenvalue weighted by molar-refractivity contribution is 0.494. The summed E-state index contributed by atoms with van der Waals surface area (Å²) in [7, 11) is 1.90. The maximum atomic E-state index is 4.53. The Bertz CT molecular complexity index is 654. The van der Waals surface area contributed by atoms with Gasteiger partial charge < -0.3 is 10.6 Å². The second kappa shape index (κ2) is 7.20. The van der Waals surface area contributed by atoms with Crippen LogP contribution in [0.2, 0.25) is 0 Å². The molecule has 4 heteroatoms. The fourth-order valence-corrected chi connectivity index (χ4v) is 2.58. The first-order chi connectivity index (χ1) is 11.2. The molecule has 2 heterocycles. The normalized spacial score (nSPS) is 12.1. The highest BCUT2D eigenvalue weighted by molar-refractivity contribution is 5.40. The van der Waals surface area contributed by atoms with E-state index in [0.29, 0.717) is 0 Å². The summed E-state index contributed by atoms with van der Waals surface area (Å²) in [5.74, 6) is 1.84. The highest BCUT2D eigenvalue weighted by atomic mass is 15.0. The van der Waals surface area contributed by atoms with E-state index in [2.05, 4.69) is 79.5 Å². The fourth-order valence-electron chi connectivity index (χ4n) is 2.58. The van der Waals surface area contributed by atoms with E-state index in [4.69, 9.17) is 0 Å². The Morgan fingerprint density at radius 1 is 0.917 bits per heavy atom. The standard InChI is InChI=1S/C20H30N4/c1-19(2,3)16-7-8-17(24-14-16)23-12-10-20(4,5)15-9-11-22-18(13-15)21-6/h7-9,11,13-14H,10,12H2,1-6H3,(H,21,22)(H,23,24). The number of aromatic nitrogens is 2. The van der Waals surface area contributed by atoms with Crippen LogP contribution >= 0.6 is 0 Å². The fraction of sp³-hybridized carbons (Fsp3) is 0.500. The molecule has 0 saturated heterocycles. The largest absolute Gasteiger partial charge is 0.373 e. The summed E-state index contributed by atoms with van der Waals surface area (Å²) < 4.78 is 0. The number of nitrogens with one attached hydrogen (secondary N) is 2. The summed E-state index contributed by atoms with van der Waals surface area (Å²) >= 11 is 0. The number of anilines is 2. The van der Waals surface area contributed by atoms with E-state index in [0.717, 1.165) is 24.6 Å². The maximum Gasteiger partial charge on any atom is 0.125 e. The van der Waals surface area contributed by atoms with Gasteiger partial charge in [-0.25, -0.2) is 9.97 Å². The molecule has 2 rings (SSSR count). The van der Waals surface area contributed by atoms with Crippen LogP contribution in [0.5, 0.6) is 0 Å². The third-order valence-corrected chi connectivity index (χ3v) is 4.48. The van der Waals surface area contributed by atoms with Crippen molar-refractivity contribution in [3.05, 3.63) is 47.8 Å². The number of hydrogen-bond acceptors (Lipinski definition) is 4. The summed E-state index contributed by atoms with van der Waals surface area (Å²) in [6, 6.07) is 8.44. The van der Waals surface area contributed by atoms with E-state index >= 15 is 0 Å². The topological polar surface area (TPSA) is 49.8 Å². The molecule has 4 nitrogen and oxygen atoms in total. The molecule has 2 N–H and O–H groups in total. The van der Waals surface area contributed by atoms with Crippen LogP contribution in [0.15, 0.2) is 36.7 Å². The Hall–Kier alpha value is -2.10. The molecule has 0 fully saturated rings. The van der Waals surface area contributed by atoms with Crippen molar-refractivity contribution in [2.45, 2.75) is 51.9 Å². The van der Waals surface area contributed by atoms with Gasteiger partial charge in [0.05, 0.1) is 0 Å². The molecular formula is C20H30N4. The monoisotopic (exact) mass is 326 g/mol. The van der Waals surface area contributed by atoms with Crippen molar-refractivity contribution >= 4 is 11.6 Å². The molecule has 0 radical (unpaired) electrons. The van der Waals surface area contributed by atoms with Gasteiger partial charge in [0.25, 0.3) is 0 Å². The molecule has 0 atom stereocenters. The number of rotatable bonds is 6. The van der Waals surface area contributed by atoms with Gasteiger partial charge in [-0.2, -0.15) is 0 Å². The predicted octanol–water partition coefficient (Wildman–Crippen LogP) is 4.60. The van der Waals surface area contributed by atoms with Gasteiger partial charge >= 0.3 is 0 Å². The Kier molecular flexibility index (Phi) is 5.47. The quantitative estimate of drug-likeness (QED) is 0.815. The molecule has 24 heavy (non-hydrogen) atoms. The lowest BCUT2D eigenvalue weighted by Gasteiger charge is -2.26. The van der Waals surface area contributed by atoms with Crippen molar-refractivity contribution in [2.75, 3.05) is 24.2 Å². The molecule has 2 aromatic rings. The number of pyridine rings is 2. The van der Waals surface area contributed by atoms with Gasteiger partial charge in [0.2, 0.25) is 0 Å². The van der Waals surface area contributed by atoms with Gasteiger partial charge in [-0.15, -0.1) is 0 Å². The van der Waals surface area contributed by atoms with E-state index < -0.39 is 0 Å². The first-order valence-electron chi connectivity index (χ1n) is 8.57. The summed E-state index contributed by atoms with van der Waals surface area (Å²) in [4.78, 5) is 8.82. The molecular weight excluding hydrogens is 296 g/mol. The molecule has 0 aliphatic heterocycles. The lowest BCUT2D eigenvalue weighted by atomic mass is 9.82. The van der Waals surface area contributed by atoms with Crippen LogP contribution in [0, 0.1) is 0 Å². The third kappa shape index (κ3) is 4.70. The molecule has 0 amide bonds. The summed E-state index contributed by atoms with van der Waals surface area (Å²) in [5, 5.41) is 6.54. The molecule has 0 spiro atoms. The lowest BCUT2D eigenvalue weighted by Crippen LogP contribution is -2.22. The third-order valence-electron chi connectivity index (χ3n) is 4.48. The molecule has 0 aromatic carbocycles. The van der Waals surface area contributed by atoms with Crippen LogP contribution in [0.25, 0.3) is 0 Å². The zero-order valence-corrected chi connectivity index (χ0v) is 15.8. The summed E-state index contributed by atoms with van der Waals surface area (Å²) in [6.45, 7) is 12.0. The van der Waals surface area contributed by atoms with Gasteiger partial charge in [-0.05, 0) is 46.6 Å². The van der Waals surface area contributed by atoms with Gasteiger partial charge in [0.15, 0.2) is 0 Å². The average Bonchev–Trinajstić information content (AvgIpc) is 2.54. The van der Waals surface area contributed by atoms with E-state index in [9.17, 15) is 0 Å². The van der Waals surface area contributed by atoms with E-state index in [1.54, 1.807) is 0 Å². The Morgan fingerprint density at radius 3 is 2.25 bits per heavy atom. The Labute approximate surface area is 146 Å². The van der Waals surface area contributed by atoms with Gasteiger partial charge in [0.1, 0.15) is 11.6 Å². The van der Waals surface area contributed by atoms with Crippen molar-refractivity contribution in [3.63, 3.8) is 0 Å². The van der Waals surface area contributed by atoms with Gasteiger partial charge in [0, 0.05) is 26.0 Å². The average molecular weight is 326 g/mol. The summed E-state index contributed by atoms with van der Waals surface area (Å²) in [6.07, 6.45) is 4.85. The van der Waals surface area contributed by atoms with Gasteiger partial charge in [-0.1, -0.05) is 40.7 Å². The Morgan fingerprint density at radius 2 is 1.67 bits per heavy atom. The van der Waals surface area contributed by atoms with E-state index in [1.165, 1.54) is 11.1 Å². The van der Waals surface area contributed by atoms with Crippen LogP contribution in [0.4, 0.5) is 11.6 Å². The van der Waals surface area contributed by atoms with Crippen LogP contribution in [0.1, 0.15) is 52.2 Å². The van der Waals surface area contributed by atoms with Crippen molar-refractivity contribution in [1.29, 1.82) is 0 Å². The minimum atomic E-state index is 0.0763. The van der Waals surface area contributed by atoms with E-state index in [-0.39, 0.29) is 10.8 Å². The summed E-state index contributed by atoms with van der Waals surface area (Å²) in [5.41, 5.74) is 2.76. The molecule has 0 aliphatic carbocycles. The zero-order chi connectivity index (χ0) is 17.8. The zero-order valence-electron chi connectivity index (χ0n) is 15.8. The smallest absolute Gasteiger partial charge is 0.125 e. The molecule has 130 valence electrons. The van der Waals surface area contributed by atoms with Crippen molar-refractivity contribution in [3.8, 4) is 0 Å². The first-order valence-corrected chi connectivity index (χ1v) is 8.57. The van der Waals surface area contributed by atoms with Crippen LogP contribution in [-0.4, -0.2) is 23.6 Å². The predicted molar refractivity (Wildman–Crippen MR) is 103 cm³/mol. The molecule has 0 unspecified atom stereocenters. The second-order valence-electron chi connectivity index (χ2n) is 7.92. The Balaban J connectivity index is 1.95. The SMILES string of the molecule is CNc1cc(C(C)(C)CCNc2ccc(C(C)(C)C)cn2)ccn1. The molecule has 0 aliphatic rings. The maximum absolute atomic E-state index is 4.53. The highest BCUT2D eigenvalue weighted by Crippen LogP contribution is 2.28. The van der Waals surface area contributed by atoms with Crippen LogP contribution in [0.3, 0.4) is 0 Å². The van der Waals surface area contributed by atoms with Gasteiger partial charge in [-0.3, -0.25) is 0 Å². The number of hydrogen-bond donors (Lipinski definition) is 2. The van der Waals surface area contributed by atoms with Crippen molar-refractivity contribution in [1.82, 2.24) is 9.97 Å². The van der Waals surface area contributed by atoms with Crippen LogP contribution in [-0.2, 0) is 10.8 Å². The van der Waals surface area contributed by atoms with Crippen LogP contribution < -0.4 is 10.6 Å². The second-order valence-corrected chi connectivity index (χ2v) is 7.92. The molecule has 0 saturated carbocycles. The minimum absolute atomic E-state index is 0.0763. The van der Waals surface area contributed by atoms with Crippen molar-refractivity contribution < 1.29 is 0 Å². The van der Waals surface area contributed by atoms with E-state index in [1.807, 2.05) is 19.4 Å². The van der Waals surface area contributed by atoms with Crippen molar-refractivity contribution in [2.24, 2.45) is 0 Å².